The van der Waals surface area contributed by atoms with Gasteiger partial charge in [-0.05, 0) is 34.9 Å². The molecule has 3 rings (SSSR count). The molecule has 0 aliphatic carbocycles. The number of ether oxygens (including phenoxy) is 1. The van der Waals surface area contributed by atoms with Crippen LogP contribution in [0.4, 0.5) is 0 Å². The number of nitrogens with zero attached hydrogens (tertiary/aromatic N) is 1. The van der Waals surface area contributed by atoms with Gasteiger partial charge in [-0.3, -0.25) is 0 Å². The lowest BCUT2D eigenvalue weighted by Crippen LogP contribution is -2.12. The number of benzene rings is 2. The van der Waals surface area contributed by atoms with E-state index in [0.29, 0.717) is 5.56 Å². The Hall–Kier alpha value is -2.31. The summed E-state index contributed by atoms with van der Waals surface area (Å²) < 4.78 is 5.50. The van der Waals surface area contributed by atoms with E-state index < -0.39 is 0 Å². The maximum absolute atomic E-state index is 8.87. The quantitative estimate of drug-likeness (QED) is 0.923. The van der Waals surface area contributed by atoms with Gasteiger partial charge in [0.05, 0.1) is 18.2 Å². The summed E-state index contributed by atoms with van der Waals surface area (Å²) >= 11 is 0. The third-order valence-corrected chi connectivity index (χ3v) is 3.47. The first-order valence-corrected chi connectivity index (χ1v) is 6.79. The molecule has 2 aromatic carbocycles. The average Bonchev–Trinajstić information content (AvgIpc) is 2.95. The topological polar surface area (TPSA) is 45.0 Å². The van der Waals surface area contributed by atoms with Crippen LogP contribution >= 0.6 is 0 Å². The largest absolute Gasteiger partial charge is 0.493 e. The fourth-order valence-electron chi connectivity index (χ4n) is 2.45. The predicted molar refractivity (Wildman–Crippen MR) is 77.3 cm³/mol. The van der Waals surface area contributed by atoms with E-state index in [0.717, 1.165) is 37.4 Å². The van der Waals surface area contributed by atoms with Gasteiger partial charge >= 0.3 is 0 Å². The van der Waals surface area contributed by atoms with Crippen molar-refractivity contribution in [2.45, 2.75) is 19.5 Å². The zero-order valence-electron chi connectivity index (χ0n) is 11.2. The molecule has 3 nitrogen and oxygen atoms in total. The van der Waals surface area contributed by atoms with Gasteiger partial charge in [-0.1, -0.05) is 24.3 Å². The van der Waals surface area contributed by atoms with E-state index in [-0.39, 0.29) is 0 Å². The summed E-state index contributed by atoms with van der Waals surface area (Å²) in [5.74, 6) is 1.02. The molecule has 100 valence electrons. The van der Waals surface area contributed by atoms with Crippen LogP contribution in [0.15, 0.2) is 42.5 Å². The minimum atomic E-state index is 0.707. The lowest BCUT2D eigenvalue weighted by molar-refractivity contribution is 0.357. The van der Waals surface area contributed by atoms with Crippen molar-refractivity contribution < 1.29 is 4.74 Å². The van der Waals surface area contributed by atoms with Crippen molar-refractivity contribution in [2.75, 3.05) is 6.61 Å². The van der Waals surface area contributed by atoms with Crippen LogP contribution in [0.1, 0.15) is 22.3 Å². The molecule has 0 spiro atoms. The second-order valence-corrected chi connectivity index (χ2v) is 4.96. The first-order valence-electron chi connectivity index (χ1n) is 6.79. The smallest absolute Gasteiger partial charge is 0.122 e. The third kappa shape index (κ3) is 2.81. The van der Waals surface area contributed by atoms with E-state index in [1.807, 2.05) is 24.3 Å². The van der Waals surface area contributed by atoms with Gasteiger partial charge in [-0.25, -0.2) is 0 Å². The average molecular weight is 264 g/mol. The lowest BCUT2D eigenvalue weighted by Gasteiger charge is -2.07. The summed E-state index contributed by atoms with van der Waals surface area (Å²) in [6.07, 6.45) is 1.01. The Balaban J connectivity index is 1.58. The normalized spacial score (nSPS) is 12.6. The monoisotopic (exact) mass is 264 g/mol. The molecule has 0 atom stereocenters. The van der Waals surface area contributed by atoms with Crippen molar-refractivity contribution in [3.05, 3.63) is 64.7 Å². The van der Waals surface area contributed by atoms with E-state index in [2.05, 4.69) is 29.6 Å². The highest BCUT2D eigenvalue weighted by molar-refractivity contribution is 5.39. The Morgan fingerprint density at radius 3 is 2.80 bits per heavy atom. The summed E-state index contributed by atoms with van der Waals surface area (Å²) in [6.45, 7) is 2.39. The van der Waals surface area contributed by atoms with Gasteiger partial charge in [-0.2, -0.15) is 5.26 Å². The molecule has 0 bridgehead atoms. The maximum atomic E-state index is 8.87. The van der Waals surface area contributed by atoms with Gasteiger partial charge in [0.1, 0.15) is 5.75 Å². The Labute approximate surface area is 118 Å². The van der Waals surface area contributed by atoms with Crippen LogP contribution < -0.4 is 10.1 Å². The second kappa shape index (κ2) is 5.77. The summed E-state index contributed by atoms with van der Waals surface area (Å²) in [5.41, 5.74) is 4.41. The molecule has 0 saturated carbocycles. The van der Waals surface area contributed by atoms with Crippen molar-refractivity contribution in [3.63, 3.8) is 0 Å². The standard InChI is InChI=1S/C17H16N2O/c18-10-13-2-1-3-14(8-13)11-19-12-15-4-5-17-16(9-15)6-7-20-17/h1-5,8-9,19H,6-7,11-12H2. The van der Waals surface area contributed by atoms with Crippen LogP contribution in [-0.2, 0) is 19.5 Å². The molecule has 0 aromatic heterocycles. The zero-order chi connectivity index (χ0) is 13.8. The van der Waals surface area contributed by atoms with Crippen molar-refractivity contribution in [2.24, 2.45) is 0 Å². The van der Waals surface area contributed by atoms with Crippen LogP contribution in [0.3, 0.4) is 0 Å². The summed E-state index contributed by atoms with van der Waals surface area (Å²) in [4.78, 5) is 0. The Kier molecular flexibility index (Phi) is 3.67. The minimum absolute atomic E-state index is 0.707. The Morgan fingerprint density at radius 2 is 1.95 bits per heavy atom. The second-order valence-electron chi connectivity index (χ2n) is 4.96. The summed E-state index contributed by atoms with van der Waals surface area (Å²) in [5, 5.41) is 12.3. The third-order valence-electron chi connectivity index (χ3n) is 3.47. The van der Waals surface area contributed by atoms with Gasteiger partial charge in [0, 0.05) is 19.5 Å². The zero-order valence-corrected chi connectivity index (χ0v) is 11.2. The van der Waals surface area contributed by atoms with Gasteiger partial charge in [0.15, 0.2) is 0 Å². The van der Waals surface area contributed by atoms with Crippen molar-refractivity contribution in [1.29, 1.82) is 5.26 Å². The fraction of sp³-hybridized carbons (Fsp3) is 0.235. The van der Waals surface area contributed by atoms with E-state index in [9.17, 15) is 0 Å². The molecule has 2 aromatic rings. The van der Waals surface area contributed by atoms with Gasteiger partial charge < -0.3 is 10.1 Å². The van der Waals surface area contributed by atoms with Gasteiger partial charge in [-0.15, -0.1) is 0 Å². The molecule has 1 heterocycles. The maximum Gasteiger partial charge on any atom is 0.122 e. The van der Waals surface area contributed by atoms with Crippen LogP contribution in [0.5, 0.6) is 5.75 Å². The fourth-order valence-corrected chi connectivity index (χ4v) is 2.45. The molecule has 1 N–H and O–H groups in total. The summed E-state index contributed by atoms with van der Waals surface area (Å²) in [6, 6.07) is 16.2. The lowest BCUT2D eigenvalue weighted by atomic mass is 10.1. The number of hydrogen-bond donors (Lipinski definition) is 1. The molecule has 0 fully saturated rings. The SMILES string of the molecule is N#Cc1cccc(CNCc2ccc3c(c2)CCO3)c1. The molecular formula is C17H16N2O. The minimum Gasteiger partial charge on any atom is -0.493 e. The van der Waals surface area contributed by atoms with E-state index in [4.69, 9.17) is 10.00 Å². The predicted octanol–water partition coefficient (Wildman–Crippen LogP) is 2.78. The van der Waals surface area contributed by atoms with E-state index in [1.165, 1.54) is 11.1 Å². The van der Waals surface area contributed by atoms with Gasteiger partial charge in [0.25, 0.3) is 0 Å². The van der Waals surface area contributed by atoms with E-state index >= 15 is 0 Å². The van der Waals surface area contributed by atoms with Crippen LogP contribution in [0, 0.1) is 11.3 Å². The van der Waals surface area contributed by atoms with Crippen molar-refractivity contribution in [3.8, 4) is 11.8 Å². The molecule has 0 saturated heterocycles. The Morgan fingerprint density at radius 1 is 1.10 bits per heavy atom. The van der Waals surface area contributed by atoms with E-state index in [1.54, 1.807) is 0 Å². The van der Waals surface area contributed by atoms with Crippen molar-refractivity contribution >= 4 is 0 Å². The molecule has 0 radical (unpaired) electrons. The van der Waals surface area contributed by atoms with Gasteiger partial charge in [0.2, 0.25) is 0 Å². The van der Waals surface area contributed by atoms with Crippen LogP contribution in [0.25, 0.3) is 0 Å². The molecule has 1 aliphatic heterocycles. The molecule has 20 heavy (non-hydrogen) atoms. The van der Waals surface area contributed by atoms with Crippen molar-refractivity contribution in [1.82, 2.24) is 5.32 Å². The first-order chi connectivity index (χ1) is 9.85. The molecular weight excluding hydrogens is 248 g/mol. The summed E-state index contributed by atoms with van der Waals surface area (Å²) in [7, 11) is 0. The number of nitrogens with one attached hydrogen (secondary N) is 1. The Bertz CT molecular complexity index is 658. The molecule has 0 unspecified atom stereocenters. The number of hydrogen-bond acceptors (Lipinski definition) is 3. The molecule has 3 heteroatoms. The highest BCUT2D eigenvalue weighted by Gasteiger charge is 2.11. The number of rotatable bonds is 4. The van der Waals surface area contributed by atoms with Crippen LogP contribution in [-0.4, -0.2) is 6.61 Å². The number of fused-ring (bicyclic) bond motifs is 1. The highest BCUT2D eigenvalue weighted by atomic mass is 16.5. The molecule has 1 aliphatic rings. The molecule has 0 amide bonds. The van der Waals surface area contributed by atoms with Crippen LogP contribution in [0.2, 0.25) is 0 Å². The highest BCUT2D eigenvalue weighted by Crippen LogP contribution is 2.25. The number of nitriles is 1. The first kappa shape index (κ1) is 12.7.